The Balaban J connectivity index is 1.80. The van der Waals surface area contributed by atoms with E-state index in [0.717, 1.165) is 12.1 Å². The first-order valence-corrected chi connectivity index (χ1v) is 9.01. The summed E-state index contributed by atoms with van der Waals surface area (Å²) in [6, 6.07) is 11.3. The number of benzene rings is 3. The summed E-state index contributed by atoms with van der Waals surface area (Å²) < 4.78 is 53.1. The van der Waals surface area contributed by atoms with Gasteiger partial charge in [-0.05, 0) is 46.5 Å². The van der Waals surface area contributed by atoms with Gasteiger partial charge >= 0.3 is 0 Å². The van der Waals surface area contributed by atoms with E-state index in [1.807, 2.05) is 0 Å². The van der Waals surface area contributed by atoms with Gasteiger partial charge in [-0.3, -0.25) is 14.8 Å². The SMILES string of the molecule is O=C(Cc1ccc(F)cc1)NC(C(=O)NO)c1ccc(-c2cc(F)c(F)c(F)c2)cc1. The summed E-state index contributed by atoms with van der Waals surface area (Å²) in [5.74, 6) is -6.20. The quantitative estimate of drug-likeness (QED) is 0.240. The Kier molecular flexibility index (Phi) is 6.66. The third-order valence-corrected chi connectivity index (χ3v) is 4.52. The summed E-state index contributed by atoms with van der Waals surface area (Å²) in [6.45, 7) is 0. The zero-order chi connectivity index (χ0) is 22.5. The standard InChI is InChI=1S/C22H16F4N2O3/c23-16-7-1-12(2-8-16)9-19(29)27-21(22(30)28-31)14-5-3-13(4-6-14)15-10-17(24)20(26)18(25)11-15/h1-8,10-11,21,31H,9H2,(H,27,29)(H,28,30). The third-order valence-electron chi connectivity index (χ3n) is 4.52. The summed E-state index contributed by atoms with van der Waals surface area (Å²) in [7, 11) is 0. The number of amides is 2. The number of hydrogen-bond acceptors (Lipinski definition) is 3. The molecule has 0 radical (unpaired) electrons. The van der Waals surface area contributed by atoms with Gasteiger partial charge in [0.05, 0.1) is 6.42 Å². The van der Waals surface area contributed by atoms with Crippen LogP contribution in [0.3, 0.4) is 0 Å². The first-order chi connectivity index (χ1) is 14.8. The fourth-order valence-corrected chi connectivity index (χ4v) is 2.95. The van der Waals surface area contributed by atoms with Gasteiger partial charge in [-0.1, -0.05) is 36.4 Å². The van der Waals surface area contributed by atoms with Crippen LogP contribution in [0.25, 0.3) is 11.1 Å². The lowest BCUT2D eigenvalue weighted by Gasteiger charge is -2.18. The number of nitrogens with one attached hydrogen (secondary N) is 2. The molecule has 0 saturated heterocycles. The van der Waals surface area contributed by atoms with Crippen LogP contribution >= 0.6 is 0 Å². The molecule has 0 aromatic heterocycles. The normalized spacial score (nSPS) is 11.6. The van der Waals surface area contributed by atoms with E-state index in [2.05, 4.69) is 5.32 Å². The van der Waals surface area contributed by atoms with Crippen molar-refractivity contribution < 1.29 is 32.4 Å². The monoisotopic (exact) mass is 432 g/mol. The summed E-state index contributed by atoms with van der Waals surface area (Å²) in [5, 5.41) is 11.5. The Morgan fingerprint density at radius 1 is 0.839 bits per heavy atom. The van der Waals surface area contributed by atoms with Gasteiger partial charge in [0.2, 0.25) is 5.91 Å². The maximum absolute atomic E-state index is 13.5. The zero-order valence-electron chi connectivity index (χ0n) is 15.8. The molecule has 0 aliphatic carbocycles. The Labute approximate surface area is 174 Å². The van der Waals surface area contributed by atoms with Crippen LogP contribution in [0.1, 0.15) is 17.2 Å². The van der Waals surface area contributed by atoms with E-state index >= 15 is 0 Å². The molecule has 0 aliphatic heterocycles. The smallest absolute Gasteiger partial charge is 0.270 e. The second kappa shape index (κ2) is 9.40. The van der Waals surface area contributed by atoms with E-state index in [1.54, 1.807) is 0 Å². The molecule has 9 heteroatoms. The molecule has 3 aromatic rings. The van der Waals surface area contributed by atoms with Crippen molar-refractivity contribution in [1.82, 2.24) is 10.8 Å². The minimum absolute atomic E-state index is 0.0754. The van der Waals surface area contributed by atoms with Gasteiger partial charge in [-0.25, -0.2) is 23.0 Å². The zero-order valence-corrected chi connectivity index (χ0v) is 15.8. The minimum atomic E-state index is -1.58. The van der Waals surface area contributed by atoms with Crippen LogP contribution < -0.4 is 10.8 Å². The predicted molar refractivity (Wildman–Crippen MR) is 103 cm³/mol. The maximum Gasteiger partial charge on any atom is 0.270 e. The first kappa shape index (κ1) is 22.0. The highest BCUT2D eigenvalue weighted by molar-refractivity contribution is 5.89. The largest absolute Gasteiger partial charge is 0.340 e. The van der Waals surface area contributed by atoms with Gasteiger partial charge in [0.15, 0.2) is 17.5 Å². The maximum atomic E-state index is 13.5. The average Bonchev–Trinajstić information content (AvgIpc) is 2.76. The van der Waals surface area contributed by atoms with Crippen molar-refractivity contribution in [2.75, 3.05) is 0 Å². The molecule has 160 valence electrons. The van der Waals surface area contributed by atoms with Crippen LogP contribution in [0, 0.1) is 23.3 Å². The van der Waals surface area contributed by atoms with Gasteiger partial charge < -0.3 is 5.32 Å². The van der Waals surface area contributed by atoms with E-state index in [9.17, 15) is 27.2 Å². The molecule has 0 fully saturated rings. The fourth-order valence-electron chi connectivity index (χ4n) is 2.95. The Bertz CT molecular complexity index is 1080. The molecule has 0 saturated carbocycles. The Hall–Kier alpha value is -3.72. The molecule has 3 N–H and O–H groups in total. The van der Waals surface area contributed by atoms with Gasteiger partial charge in [-0.15, -0.1) is 0 Å². The van der Waals surface area contributed by atoms with Crippen LogP contribution in [-0.2, 0) is 16.0 Å². The van der Waals surface area contributed by atoms with Crippen molar-refractivity contribution in [3.05, 3.63) is 95.1 Å². The number of halogens is 4. The van der Waals surface area contributed by atoms with Crippen LogP contribution in [0.4, 0.5) is 17.6 Å². The molecule has 3 rings (SSSR count). The van der Waals surface area contributed by atoms with Crippen molar-refractivity contribution in [2.24, 2.45) is 0 Å². The predicted octanol–water partition coefficient (Wildman–Crippen LogP) is 3.82. The van der Waals surface area contributed by atoms with Gasteiger partial charge in [0.25, 0.3) is 5.91 Å². The summed E-state index contributed by atoms with van der Waals surface area (Å²) in [6.07, 6.45) is -0.137. The van der Waals surface area contributed by atoms with E-state index < -0.39 is 41.1 Å². The molecule has 1 atom stereocenters. The molecular weight excluding hydrogens is 416 g/mol. The molecule has 5 nitrogen and oxygen atoms in total. The molecule has 2 amide bonds. The lowest BCUT2D eigenvalue weighted by Crippen LogP contribution is -2.39. The van der Waals surface area contributed by atoms with Crippen molar-refractivity contribution in [3.8, 4) is 11.1 Å². The molecule has 31 heavy (non-hydrogen) atoms. The molecule has 0 spiro atoms. The average molecular weight is 432 g/mol. The summed E-state index contributed by atoms with van der Waals surface area (Å²) in [5.41, 5.74) is 2.66. The van der Waals surface area contributed by atoms with E-state index in [1.165, 1.54) is 54.0 Å². The molecule has 1 unspecified atom stereocenters. The van der Waals surface area contributed by atoms with E-state index in [0.29, 0.717) is 11.1 Å². The molecule has 0 bridgehead atoms. The first-order valence-electron chi connectivity index (χ1n) is 9.01. The molecule has 3 aromatic carbocycles. The highest BCUT2D eigenvalue weighted by Gasteiger charge is 2.23. The van der Waals surface area contributed by atoms with Crippen LogP contribution in [0.5, 0.6) is 0 Å². The lowest BCUT2D eigenvalue weighted by atomic mass is 9.99. The highest BCUT2D eigenvalue weighted by Crippen LogP contribution is 2.25. The fraction of sp³-hybridized carbons (Fsp3) is 0.0909. The summed E-state index contributed by atoms with van der Waals surface area (Å²) >= 11 is 0. The number of rotatable bonds is 6. The Morgan fingerprint density at radius 2 is 1.42 bits per heavy atom. The van der Waals surface area contributed by atoms with Crippen molar-refractivity contribution in [1.29, 1.82) is 0 Å². The minimum Gasteiger partial charge on any atom is -0.340 e. The van der Waals surface area contributed by atoms with Crippen LogP contribution in [0.2, 0.25) is 0 Å². The molecule has 0 aliphatic rings. The topological polar surface area (TPSA) is 78.4 Å². The number of carbonyl (C=O) groups is 2. The molecular formula is C22H16F4N2O3. The van der Waals surface area contributed by atoms with Crippen LogP contribution in [-0.4, -0.2) is 17.0 Å². The van der Waals surface area contributed by atoms with E-state index in [4.69, 9.17) is 5.21 Å². The van der Waals surface area contributed by atoms with Crippen LogP contribution in [0.15, 0.2) is 60.7 Å². The van der Waals surface area contributed by atoms with Gasteiger partial charge in [0.1, 0.15) is 11.9 Å². The Morgan fingerprint density at radius 3 is 1.97 bits per heavy atom. The lowest BCUT2D eigenvalue weighted by molar-refractivity contribution is -0.134. The number of hydroxylamine groups is 1. The number of carbonyl (C=O) groups excluding carboxylic acids is 2. The van der Waals surface area contributed by atoms with Crippen molar-refractivity contribution in [2.45, 2.75) is 12.5 Å². The molecule has 0 heterocycles. The second-order valence-electron chi connectivity index (χ2n) is 6.66. The van der Waals surface area contributed by atoms with Crippen molar-refractivity contribution in [3.63, 3.8) is 0 Å². The third kappa shape index (κ3) is 5.26. The van der Waals surface area contributed by atoms with Gasteiger partial charge in [-0.2, -0.15) is 0 Å². The summed E-state index contributed by atoms with van der Waals surface area (Å²) in [4.78, 5) is 24.4. The highest BCUT2D eigenvalue weighted by atomic mass is 19.2. The van der Waals surface area contributed by atoms with E-state index in [-0.39, 0.29) is 17.5 Å². The number of hydrogen-bond donors (Lipinski definition) is 3. The second-order valence-corrected chi connectivity index (χ2v) is 6.66. The van der Waals surface area contributed by atoms with Crippen molar-refractivity contribution >= 4 is 11.8 Å². The van der Waals surface area contributed by atoms with Gasteiger partial charge in [0, 0.05) is 0 Å².